The molecular weight excluding hydrogens is 144 g/mol. The summed E-state index contributed by atoms with van der Waals surface area (Å²) in [6.07, 6.45) is 4.68. The molecule has 0 saturated carbocycles. The van der Waals surface area contributed by atoms with Gasteiger partial charge in [0.2, 0.25) is 0 Å². The fourth-order valence-corrected chi connectivity index (χ4v) is 0.827. The third-order valence-electron chi connectivity index (χ3n) is 1.45. The van der Waals surface area contributed by atoms with Crippen molar-refractivity contribution in [2.24, 2.45) is 5.92 Å². The summed E-state index contributed by atoms with van der Waals surface area (Å²) >= 11 is 5.60. The fraction of sp³-hybridized carbons (Fsp3) is 0.778. The van der Waals surface area contributed by atoms with Crippen LogP contribution in [0.15, 0.2) is 11.6 Å². The highest BCUT2D eigenvalue weighted by molar-refractivity contribution is 6.19. The van der Waals surface area contributed by atoms with E-state index in [1.165, 1.54) is 18.4 Å². The minimum absolute atomic E-state index is 0.679. The number of hydrogen-bond donors (Lipinski definition) is 0. The molecule has 0 fully saturated rings. The molecule has 0 bridgehead atoms. The maximum absolute atomic E-state index is 5.60. The first-order valence-corrected chi connectivity index (χ1v) is 4.42. The van der Waals surface area contributed by atoms with Gasteiger partial charge in [-0.05, 0) is 25.7 Å². The van der Waals surface area contributed by atoms with Crippen molar-refractivity contribution in [3.05, 3.63) is 11.6 Å². The summed E-state index contributed by atoms with van der Waals surface area (Å²) in [6.45, 7) is 6.56. The van der Waals surface area contributed by atoms with Crippen molar-refractivity contribution in [1.29, 1.82) is 0 Å². The molecule has 60 valence electrons. The lowest BCUT2D eigenvalue weighted by molar-refractivity contribution is 0.593. The van der Waals surface area contributed by atoms with Crippen LogP contribution in [0.1, 0.15) is 33.6 Å². The SMILES string of the molecule is CC(=CCCC(C)C)CCl. The second-order valence-electron chi connectivity index (χ2n) is 3.16. The van der Waals surface area contributed by atoms with Gasteiger partial charge in [0, 0.05) is 5.88 Å². The van der Waals surface area contributed by atoms with E-state index in [2.05, 4.69) is 26.8 Å². The minimum atomic E-state index is 0.679. The first-order valence-electron chi connectivity index (χ1n) is 3.88. The van der Waals surface area contributed by atoms with Crippen molar-refractivity contribution in [2.45, 2.75) is 33.6 Å². The van der Waals surface area contributed by atoms with Gasteiger partial charge >= 0.3 is 0 Å². The van der Waals surface area contributed by atoms with Crippen LogP contribution in [0.4, 0.5) is 0 Å². The van der Waals surface area contributed by atoms with Gasteiger partial charge in [0.05, 0.1) is 0 Å². The minimum Gasteiger partial charge on any atom is -0.122 e. The Hall–Kier alpha value is 0.0300. The molecule has 0 N–H and O–H groups in total. The molecule has 0 rings (SSSR count). The highest BCUT2D eigenvalue weighted by atomic mass is 35.5. The van der Waals surface area contributed by atoms with E-state index in [0.717, 1.165) is 5.92 Å². The van der Waals surface area contributed by atoms with E-state index in [-0.39, 0.29) is 0 Å². The monoisotopic (exact) mass is 160 g/mol. The van der Waals surface area contributed by atoms with Crippen LogP contribution >= 0.6 is 11.6 Å². The van der Waals surface area contributed by atoms with Crippen molar-refractivity contribution in [3.63, 3.8) is 0 Å². The van der Waals surface area contributed by atoms with Crippen LogP contribution in [0.5, 0.6) is 0 Å². The third kappa shape index (κ3) is 6.15. The number of alkyl halides is 1. The molecule has 0 aliphatic heterocycles. The van der Waals surface area contributed by atoms with Crippen LogP contribution in [-0.2, 0) is 0 Å². The Balaban J connectivity index is 3.34. The molecule has 0 aliphatic carbocycles. The van der Waals surface area contributed by atoms with Gasteiger partial charge in [-0.25, -0.2) is 0 Å². The lowest BCUT2D eigenvalue weighted by Gasteiger charge is -2.00. The first-order chi connectivity index (χ1) is 4.66. The summed E-state index contributed by atoms with van der Waals surface area (Å²) in [7, 11) is 0. The van der Waals surface area contributed by atoms with Crippen LogP contribution in [-0.4, -0.2) is 5.88 Å². The number of allylic oxidation sites excluding steroid dienone is 2. The Bertz CT molecular complexity index is 103. The Kier molecular flexibility index (Phi) is 5.81. The Morgan fingerprint density at radius 3 is 2.50 bits per heavy atom. The zero-order valence-electron chi connectivity index (χ0n) is 7.15. The largest absolute Gasteiger partial charge is 0.122 e. The Morgan fingerprint density at radius 1 is 1.50 bits per heavy atom. The number of hydrogen-bond acceptors (Lipinski definition) is 0. The maximum atomic E-state index is 5.60. The van der Waals surface area contributed by atoms with E-state index < -0.39 is 0 Å². The van der Waals surface area contributed by atoms with E-state index in [0.29, 0.717) is 5.88 Å². The van der Waals surface area contributed by atoms with E-state index in [1.807, 2.05) is 0 Å². The van der Waals surface area contributed by atoms with Crippen LogP contribution in [0.3, 0.4) is 0 Å². The highest BCUT2D eigenvalue weighted by Gasteiger charge is 1.90. The molecule has 0 atom stereocenters. The van der Waals surface area contributed by atoms with Crippen LogP contribution in [0, 0.1) is 5.92 Å². The Labute approximate surface area is 69.3 Å². The van der Waals surface area contributed by atoms with Crippen LogP contribution < -0.4 is 0 Å². The van der Waals surface area contributed by atoms with Gasteiger partial charge in [-0.1, -0.05) is 25.5 Å². The molecule has 0 nitrogen and oxygen atoms in total. The average Bonchev–Trinajstić information content (AvgIpc) is 1.87. The average molecular weight is 161 g/mol. The lowest BCUT2D eigenvalue weighted by Crippen LogP contribution is -1.85. The molecule has 0 amide bonds. The van der Waals surface area contributed by atoms with Gasteiger partial charge in [-0.15, -0.1) is 11.6 Å². The normalized spacial score (nSPS) is 12.7. The molecule has 1 heteroatoms. The highest BCUT2D eigenvalue weighted by Crippen LogP contribution is 2.06. The molecular formula is C9H17Cl. The van der Waals surface area contributed by atoms with E-state index >= 15 is 0 Å². The van der Waals surface area contributed by atoms with Gasteiger partial charge in [-0.3, -0.25) is 0 Å². The molecule has 0 aromatic rings. The fourth-order valence-electron chi connectivity index (χ4n) is 0.718. The van der Waals surface area contributed by atoms with Gasteiger partial charge in [0.25, 0.3) is 0 Å². The number of rotatable bonds is 4. The molecule has 0 radical (unpaired) electrons. The lowest BCUT2D eigenvalue weighted by atomic mass is 10.1. The molecule has 0 aliphatic rings. The van der Waals surface area contributed by atoms with E-state index in [1.54, 1.807) is 0 Å². The Morgan fingerprint density at radius 2 is 2.10 bits per heavy atom. The summed E-state index contributed by atoms with van der Waals surface area (Å²) < 4.78 is 0. The van der Waals surface area contributed by atoms with Crippen molar-refractivity contribution in [2.75, 3.05) is 5.88 Å². The second kappa shape index (κ2) is 5.79. The summed E-state index contributed by atoms with van der Waals surface area (Å²) in [4.78, 5) is 0. The van der Waals surface area contributed by atoms with Crippen LogP contribution in [0.2, 0.25) is 0 Å². The van der Waals surface area contributed by atoms with Gasteiger partial charge in [-0.2, -0.15) is 0 Å². The van der Waals surface area contributed by atoms with Gasteiger partial charge < -0.3 is 0 Å². The molecule has 0 aromatic carbocycles. The zero-order valence-corrected chi connectivity index (χ0v) is 7.91. The van der Waals surface area contributed by atoms with Crippen molar-refractivity contribution >= 4 is 11.6 Å². The second-order valence-corrected chi connectivity index (χ2v) is 3.42. The summed E-state index contributed by atoms with van der Waals surface area (Å²) in [5.74, 6) is 1.48. The topological polar surface area (TPSA) is 0 Å². The maximum Gasteiger partial charge on any atom is 0.0430 e. The predicted octanol–water partition coefficient (Wildman–Crippen LogP) is 3.61. The summed E-state index contributed by atoms with van der Waals surface area (Å²) in [5.41, 5.74) is 1.29. The number of halogens is 1. The summed E-state index contributed by atoms with van der Waals surface area (Å²) in [6, 6.07) is 0. The molecule has 0 unspecified atom stereocenters. The van der Waals surface area contributed by atoms with Crippen molar-refractivity contribution in [1.82, 2.24) is 0 Å². The van der Waals surface area contributed by atoms with Crippen molar-refractivity contribution in [3.8, 4) is 0 Å². The smallest absolute Gasteiger partial charge is 0.0430 e. The molecule has 0 heterocycles. The van der Waals surface area contributed by atoms with Gasteiger partial charge in [0.1, 0.15) is 0 Å². The standard InChI is InChI=1S/C9H17Cl/c1-8(2)5-4-6-9(3)7-10/h6,8H,4-5,7H2,1-3H3. The quantitative estimate of drug-likeness (QED) is 0.436. The van der Waals surface area contributed by atoms with E-state index in [9.17, 15) is 0 Å². The third-order valence-corrected chi connectivity index (χ3v) is 1.87. The zero-order chi connectivity index (χ0) is 7.98. The summed E-state index contributed by atoms with van der Waals surface area (Å²) in [5, 5.41) is 0. The van der Waals surface area contributed by atoms with Crippen molar-refractivity contribution < 1.29 is 0 Å². The van der Waals surface area contributed by atoms with Gasteiger partial charge in [0.15, 0.2) is 0 Å². The molecule has 0 saturated heterocycles. The van der Waals surface area contributed by atoms with E-state index in [4.69, 9.17) is 11.6 Å². The molecule has 0 aromatic heterocycles. The predicted molar refractivity (Wildman–Crippen MR) is 48.5 cm³/mol. The van der Waals surface area contributed by atoms with Crippen LogP contribution in [0.25, 0.3) is 0 Å². The molecule has 0 spiro atoms. The molecule has 10 heavy (non-hydrogen) atoms. The first kappa shape index (κ1) is 10.0.